The molecule has 3 aromatic rings. The summed E-state index contributed by atoms with van der Waals surface area (Å²) in [4.78, 5) is 12.5. The van der Waals surface area contributed by atoms with Crippen molar-refractivity contribution in [1.82, 2.24) is 10.2 Å². The maximum absolute atomic E-state index is 12.5. The van der Waals surface area contributed by atoms with E-state index >= 15 is 0 Å². The Balaban J connectivity index is 1.81. The van der Waals surface area contributed by atoms with Crippen molar-refractivity contribution in [1.29, 1.82) is 0 Å². The minimum Gasteiger partial charge on any atom is -0.496 e. The molecule has 134 valence electrons. The largest absolute Gasteiger partial charge is 0.496 e. The zero-order valence-electron chi connectivity index (χ0n) is 14.7. The highest BCUT2D eigenvalue weighted by Crippen LogP contribution is 2.29. The SMILES string of the molecule is COc1ccccc1-c1nnc(C(=O)Nc2ccccc2OC(C)C)o1. The summed E-state index contributed by atoms with van der Waals surface area (Å²) < 4.78 is 16.5. The number of rotatable bonds is 6. The van der Waals surface area contributed by atoms with Gasteiger partial charge < -0.3 is 19.2 Å². The molecular weight excluding hydrogens is 334 g/mol. The number of carbonyl (C=O) groups excluding carboxylic acids is 1. The number of benzene rings is 2. The Morgan fingerprint density at radius 1 is 1.04 bits per heavy atom. The molecule has 0 aliphatic rings. The number of nitrogens with zero attached hydrogens (tertiary/aromatic N) is 2. The maximum Gasteiger partial charge on any atom is 0.313 e. The van der Waals surface area contributed by atoms with Crippen molar-refractivity contribution in [3.8, 4) is 23.0 Å². The topological polar surface area (TPSA) is 86.5 Å². The zero-order chi connectivity index (χ0) is 18.5. The summed E-state index contributed by atoms with van der Waals surface area (Å²) in [5, 5.41) is 10.5. The first-order valence-electron chi connectivity index (χ1n) is 8.12. The highest BCUT2D eigenvalue weighted by atomic mass is 16.5. The molecule has 0 atom stereocenters. The van der Waals surface area contributed by atoms with E-state index in [9.17, 15) is 4.79 Å². The third kappa shape index (κ3) is 3.83. The second-order valence-corrected chi connectivity index (χ2v) is 5.73. The average Bonchev–Trinajstić information content (AvgIpc) is 3.13. The second-order valence-electron chi connectivity index (χ2n) is 5.73. The fraction of sp³-hybridized carbons (Fsp3) is 0.211. The number of hydrogen-bond acceptors (Lipinski definition) is 6. The molecule has 7 heteroatoms. The van der Waals surface area contributed by atoms with Crippen molar-refractivity contribution in [2.24, 2.45) is 0 Å². The number of anilines is 1. The van der Waals surface area contributed by atoms with Gasteiger partial charge in [0.05, 0.1) is 24.5 Å². The van der Waals surface area contributed by atoms with Gasteiger partial charge in [0.2, 0.25) is 0 Å². The van der Waals surface area contributed by atoms with Crippen LogP contribution in [0.1, 0.15) is 24.5 Å². The van der Waals surface area contributed by atoms with Gasteiger partial charge in [0.1, 0.15) is 11.5 Å². The van der Waals surface area contributed by atoms with Crippen LogP contribution in [0.4, 0.5) is 5.69 Å². The first kappa shape index (κ1) is 17.5. The highest BCUT2D eigenvalue weighted by molar-refractivity contribution is 6.01. The van der Waals surface area contributed by atoms with Gasteiger partial charge in [-0.2, -0.15) is 0 Å². The molecule has 0 unspecified atom stereocenters. The highest BCUT2D eigenvalue weighted by Gasteiger charge is 2.19. The molecule has 26 heavy (non-hydrogen) atoms. The van der Waals surface area contributed by atoms with E-state index in [2.05, 4.69) is 15.5 Å². The van der Waals surface area contributed by atoms with E-state index in [1.807, 2.05) is 32.0 Å². The molecule has 0 radical (unpaired) electrons. The summed E-state index contributed by atoms with van der Waals surface area (Å²) in [6.07, 6.45) is -0.0198. The number of ether oxygens (including phenoxy) is 2. The molecule has 0 saturated carbocycles. The Kier molecular flexibility index (Phi) is 5.17. The minimum absolute atomic E-state index is 0.0198. The Hall–Kier alpha value is -3.35. The molecule has 1 amide bonds. The van der Waals surface area contributed by atoms with Crippen molar-refractivity contribution in [3.05, 3.63) is 54.4 Å². The van der Waals surface area contributed by atoms with Gasteiger partial charge in [0, 0.05) is 0 Å². The number of methoxy groups -OCH3 is 1. The Labute approximate surface area is 151 Å². The van der Waals surface area contributed by atoms with Crippen LogP contribution in [0.25, 0.3) is 11.5 Å². The molecule has 1 heterocycles. The Bertz CT molecular complexity index is 905. The van der Waals surface area contributed by atoms with Crippen molar-refractivity contribution < 1.29 is 18.7 Å². The molecule has 0 bridgehead atoms. The lowest BCUT2D eigenvalue weighted by molar-refractivity contribution is 0.0990. The fourth-order valence-corrected chi connectivity index (χ4v) is 2.35. The smallest absolute Gasteiger partial charge is 0.313 e. The predicted octanol–water partition coefficient (Wildman–Crippen LogP) is 3.78. The quantitative estimate of drug-likeness (QED) is 0.726. The second kappa shape index (κ2) is 7.69. The Morgan fingerprint density at radius 2 is 1.73 bits per heavy atom. The van der Waals surface area contributed by atoms with E-state index in [1.165, 1.54) is 0 Å². The molecule has 3 rings (SSSR count). The molecular formula is C19H19N3O4. The molecule has 1 N–H and O–H groups in total. The minimum atomic E-state index is -0.515. The van der Waals surface area contributed by atoms with E-state index < -0.39 is 5.91 Å². The van der Waals surface area contributed by atoms with Crippen LogP contribution in [-0.4, -0.2) is 29.3 Å². The molecule has 0 saturated heterocycles. The van der Waals surface area contributed by atoms with Gasteiger partial charge in [-0.25, -0.2) is 0 Å². The summed E-state index contributed by atoms with van der Waals surface area (Å²) >= 11 is 0. The van der Waals surface area contributed by atoms with Crippen molar-refractivity contribution in [3.63, 3.8) is 0 Å². The summed E-state index contributed by atoms with van der Waals surface area (Å²) in [7, 11) is 1.55. The van der Waals surface area contributed by atoms with Crippen LogP contribution in [0.15, 0.2) is 52.9 Å². The standard InChI is InChI=1S/C19H19N3O4/c1-12(2)25-16-11-7-5-9-14(16)20-17(23)19-22-21-18(26-19)13-8-4-6-10-15(13)24-3/h4-12H,1-3H3,(H,20,23). The van der Waals surface area contributed by atoms with Crippen LogP contribution in [0, 0.1) is 0 Å². The fourth-order valence-electron chi connectivity index (χ4n) is 2.35. The predicted molar refractivity (Wildman–Crippen MR) is 96.4 cm³/mol. The number of nitrogens with one attached hydrogen (secondary N) is 1. The van der Waals surface area contributed by atoms with E-state index in [-0.39, 0.29) is 17.9 Å². The van der Waals surface area contributed by atoms with Crippen LogP contribution >= 0.6 is 0 Å². The lowest BCUT2D eigenvalue weighted by Gasteiger charge is -2.13. The molecule has 0 fully saturated rings. The van der Waals surface area contributed by atoms with Crippen LogP contribution in [0.5, 0.6) is 11.5 Å². The van der Waals surface area contributed by atoms with Gasteiger partial charge in [-0.05, 0) is 38.1 Å². The maximum atomic E-state index is 12.5. The van der Waals surface area contributed by atoms with E-state index in [4.69, 9.17) is 13.9 Å². The zero-order valence-corrected chi connectivity index (χ0v) is 14.7. The molecule has 0 spiro atoms. The van der Waals surface area contributed by atoms with Crippen LogP contribution in [0.3, 0.4) is 0 Å². The third-order valence-electron chi connectivity index (χ3n) is 3.45. The van der Waals surface area contributed by atoms with Crippen LogP contribution in [0.2, 0.25) is 0 Å². The van der Waals surface area contributed by atoms with E-state index in [1.54, 1.807) is 37.4 Å². The van der Waals surface area contributed by atoms with Crippen molar-refractivity contribution in [2.75, 3.05) is 12.4 Å². The van der Waals surface area contributed by atoms with Gasteiger partial charge in [-0.15, -0.1) is 10.2 Å². The molecule has 7 nitrogen and oxygen atoms in total. The van der Waals surface area contributed by atoms with E-state index in [0.717, 1.165) is 0 Å². The van der Waals surface area contributed by atoms with Gasteiger partial charge in [0.25, 0.3) is 5.89 Å². The summed E-state index contributed by atoms with van der Waals surface area (Å²) in [6.45, 7) is 3.83. The molecule has 0 aliphatic carbocycles. The van der Waals surface area contributed by atoms with Crippen LogP contribution < -0.4 is 14.8 Å². The van der Waals surface area contributed by atoms with Gasteiger partial charge >= 0.3 is 11.8 Å². The van der Waals surface area contributed by atoms with Crippen LogP contribution in [-0.2, 0) is 0 Å². The van der Waals surface area contributed by atoms with Gasteiger partial charge in [-0.3, -0.25) is 4.79 Å². The Morgan fingerprint density at radius 3 is 2.46 bits per heavy atom. The molecule has 2 aromatic carbocycles. The monoisotopic (exact) mass is 353 g/mol. The number of aromatic nitrogens is 2. The lowest BCUT2D eigenvalue weighted by Crippen LogP contribution is -2.14. The first-order chi connectivity index (χ1) is 12.6. The van der Waals surface area contributed by atoms with E-state index in [0.29, 0.717) is 22.7 Å². The normalized spacial score (nSPS) is 10.6. The lowest BCUT2D eigenvalue weighted by atomic mass is 10.2. The van der Waals surface area contributed by atoms with Crippen molar-refractivity contribution in [2.45, 2.75) is 20.0 Å². The summed E-state index contributed by atoms with van der Waals surface area (Å²) in [6, 6.07) is 14.4. The number of amides is 1. The molecule has 1 aromatic heterocycles. The average molecular weight is 353 g/mol. The molecule has 0 aliphatic heterocycles. The first-order valence-corrected chi connectivity index (χ1v) is 8.12. The number of carbonyl (C=O) groups is 1. The van der Waals surface area contributed by atoms with Gasteiger partial charge in [-0.1, -0.05) is 24.3 Å². The third-order valence-corrected chi connectivity index (χ3v) is 3.45. The van der Waals surface area contributed by atoms with Gasteiger partial charge in [0.15, 0.2) is 0 Å². The van der Waals surface area contributed by atoms with Crippen molar-refractivity contribution >= 4 is 11.6 Å². The number of hydrogen-bond donors (Lipinski definition) is 1. The summed E-state index contributed by atoms with van der Waals surface area (Å²) in [5.41, 5.74) is 1.15. The summed E-state index contributed by atoms with van der Waals surface area (Å²) in [5.74, 6) is 0.696. The number of para-hydroxylation sites is 3.